The van der Waals surface area contributed by atoms with Crippen LogP contribution in [0.15, 0.2) is 22.5 Å². The second kappa shape index (κ2) is 12.2. The van der Waals surface area contributed by atoms with Crippen LogP contribution in [0.5, 0.6) is 0 Å². The SMILES string of the molecule is C#CCCC1(CCC(=O)N(CC(C)CCC)C(C(=O)NCC(F)F)c2ccn(C3CCC3)n2)N=N1. The Morgan fingerprint density at radius 3 is 2.66 bits per heavy atom. The summed E-state index contributed by atoms with van der Waals surface area (Å²) in [6.07, 6.45) is 11.0. The van der Waals surface area contributed by atoms with Crippen molar-refractivity contribution in [3.05, 3.63) is 18.0 Å². The van der Waals surface area contributed by atoms with E-state index in [0.29, 0.717) is 31.5 Å². The Hall–Kier alpha value is -2.83. The van der Waals surface area contributed by atoms with E-state index in [1.54, 1.807) is 12.3 Å². The lowest BCUT2D eigenvalue weighted by molar-refractivity contribution is -0.142. The van der Waals surface area contributed by atoms with Gasteiger partial charge in [-0.2, -0.15) is 15.3 Å². The fourth-order valence-corrected chi connectivity index (χ4v) is 4.45. The number of carbonyl (C=O) groups is 2. The summed E-state index contributed by atoms with van der Waals surface area (Å²) in [5.74, 6) is 1.79. The molecule has 1 aliphatic carbocycles. The summed E-state index contributed by atoms with van der Waals surface area (Å²) >= 11 is 0. The number of carbonyl (C=O) groups excluding carboxylic acids is 2. The average Bonchev–Trinajstić information content (AvgIpc) is 3.41. The van der Waals surface area contributed by atoms with Gasteiger partial charge in [0.25, 0.3) is 6.43 Å². The van der Waals surface area contributed by atoms with Crippen molar-refractivity contribution in [3.63, 3.8) is 0 Å². The predicted molar refractivity (Wildman–Crippen MR) is 128 cm³/mol. The first-order valence-corrected chi connectivity index (χ1v) is 12.6. The second-order valence-electron chi connectivity index (χ2n) is 9.67. The average molecular weight is 491 g/mol. The summed E-state index contributed by atoms with van der Waals surface area (Å²) in [6.45, 7) is 3.62. The first-order chi connectivity index (χ1) is 16.8. The Kier molecular flexibility index (Phi) is 9.35. The monoisotopic (exact) mass is 490 g/mol. The zero-order chi connectivity index (χ0) is 25.4. The van der Waals surface area contributed by atoms with E-state index in [1.165, 1.54) is 4.90 Å². The Morgan fingerprint density at radius 1 is 1.34 bits per heavy atom. The molecule has 1 aromatic rings. The minimum atomic E-state index is -2.69. The molecule has 2 heterocycles. The van der Waals surface area contributed by atoms with Crippen LogP contribution in [0.2, 0.25) is 0 Å². The third kappa shape index (κ3) is 7.33. The molecule has 2 unspecified atom stereocenters. The molecular weight excluding hydrogens is 454 g/mol. The van der Waals surface area contributed by atoms with Crippen LogP contribution in [-0.4, -0.2) is 51.7 Å². The lowest BCUT2D eigenvalue weighted by Crippen LogP contribution is -2.46. The van der Waals surface area contributed by atoms with E-state index >= 15 is 0 Å². The van der Waals surface area contributed by atoms with E-state index in [2.05, 4.69) is 33.5 Å². The van der Waals surface area contributed by atoms with Crippen molar-refractivity contribution in [2.45, 2.75) is 95.8 Å². The number of halogens is 2. The highest BCUT2D eigenvalue weighted by molar-refractivity contribution is 5.88. The highest BCUT2D eigenvalue weighted by Gasteiger charge is 2.41. The number of nitrogens with one attached hydrogen (secondary N) is 1. The Labute approximate surface area is 205 Å². The first kappa shape index (κ1) is 26.8. The fraction of sp³-hybridized carbons (Fsp3) is 0.720. The molecule has 10 heteroatoms. The molecule has 1 N–H and O–H groups in total. The molecule has 2 aliphatic rings. The van der Waals surface area contributed by atoms with E-state index in [1.807, 2.05) is 11.6 Å². The van der Waals surface area contributed by atoms with Crippen LogP contribution in [0.25, 0.3) is 0 Å². The molecule has 35 heavy (non-hydrogen) atoms. The van der Waals surface area contributed by atoms with Crippen molar-refractivity contribution in [1.29, 1.82) is 0 Å². The van der Waals surface area contributed by atoms with Gasteiger partial charge in [-0.1, -0.05) is 20.3 Å². The lowest BCUT2D eigenvalue weighted by Gasteiger charge is -2.33. The molecule has 2 atom stereocenters. The normalized spacial score (nSPS) is 17.9. The molecule has 0 aromatic carbocycles. The van der Waals surface area contributed by atoms with E-state index < -0.39 is 30.6 Å². The number of terminal acetylenes is 1. The lowest BCUT2D eigenvalue weighted by atomic mass is 9.93. The van der Waals surface area contributed by atoms with Crippen LogP contribution in [-0.2, 0) is 9.59 Å². The Morgan fingerprint density at radius 2 is 2.09 bits per heavy atom. The van der Waals surface area contributed by atoms with Crippen LogP contribution >= 0.6 is 0 Å². The number of aromatic nitrogens is 2. The second-order valence-corrected chi connectivity index (χ2v) is 9.67. The van der Waals surface area contributed by atoms with E-state index in [4.69, 9.17) is 6.42 Å². The molecule has 0 saturated heterocycles. The van der Waals surface area contributed by atoms with Crippen molar-refractivity contribution >= 4 is 11.8 Å². The molecule has 1 saturated carbocycles. The molecule has 0 spiro atoms. The highest BCUT2D eigenvalue weighted by atomic mass is 19.3. The van der Waals surface area contributed by atoms with Gasteiger partial charge >= 0.3 is 0 Å². The van der Waals surface area contributed by atoms with Crippen LogP contribution < -0.4 is 5.32 Å². The number of alkyl halides is 2. The molecule has 1 fully saturated rings. The summed E-state index contributed by atoms with van der Waals surface area (Å²) in [7, 11) is 0. The van der Waals surface area contributed by atoms with Gasteiger partial charge in [-0.3, -0.25) is 14.3 Å². The van der Waals surface area contributed by atoms with E-state index in [9.17, 15) is 18.4 Å². The molecule has 0 bridgehead atoms. The molecule has 3 rings (SSSR count). The van der Waals surface area contributed by atoms with Gasteiger partial charge in [0, 0.05) is 38.4 Å². The Balaban J connectivity index is 1.83. The number of nitrogens with zero attached hydrogens (tertiary/aromatic N) is 5. The predicted octanol–water partition coefficient (Wildman–Crippen LogP) is 4.65. The molecule has 1 aromatic heterocycles. The quantitative estimate of drug-likeness (QED) is 0.363. The molecule has 8 nitrogen and oxygen atoms in total. The topological polar surface area (TPSA) is 92.0 Å². The summed E-state index contributed by atoms with van der Waals surface area (Å²) in [5, 5.41) is 15.1. The maximum Gasteiger partial charge on any atom is 0.255 e. The molecular formula is C25H36F2N6O2. The summed E-state index contributed by atoms with van der Waals surface area (Å²) in [4.78, 5) is 28.2. The van der Waals surface area contributed by atoms with Crippen molar-refractivity contribution in [2.24, 2.45) is 16.1 Å². The summed E-state index contributed by atoms with van der Waals surface area (Å²) in [6, 6.07) is 0.901. The van der Waals surface area contributed by atoms with Gasteiger partial charge in [-0.05, 0) is 37.7 Å². The maximum atomic E-state index is 13.5. The smallest absolute Gasteiger partial charge is 0.255 e. The third-order valence-electron chi connectivity index (χ3n) is 6.75. The zero-order valence-corrected chi connectivity index (χ0v) is 20.6. The van der Waals surface area contributed by atoms with Crippen LogP contribution in [0.4, 0.5) is 8.78 Å². The zero-order valence-electron chi connectivity index (χ0n) is 20.6. The van der Waals surface area contributed by atoms with Crippen LogP contribution in [0, 0.1) is 18.3 Å². The fourth-order valence-electron chi connectivity index (χ4n) is 4.45. The minimum absolute atomic E-state index is 0.119. The van der Waals surface area contributed by atoms with E-state index in [-0.39, 0.29) is 24.3 Å². The van der Waals surface area contributed by atoms with Gasteiger partial charge in [0.1, 0.15) is 0 Å². The van der Waals surface area contributed by atoms with Crippen LogP contribution in [0.3, 0.4) is 0 Å². The largest absolute Gasteiger partial charge is 0.348 e. The number of hydrogen-bond donors (Lipinski definition) is 1. The minimum Gasteiger partial charge on any atom is -0.348 e. The van der Waals surface area contributed by atoms with E-state index in [0.717, 1.165) is 32.1 Å². The highest BCUT2D eigenvalue weighted by Crippen LogP contribution is 2.38. The van der Waals surface area contributed by atoms with Crippen molar-refractivity contribution in [1.82, 2.24) is 20.0 Å². The summed E-state index contributed by atoms with van der Waals surface area (Å²) in [5.41, 5.74) is -0.231. The standard InChI is InChI=1S/C25H36F2N6O2/c1-4-6-13-25(30-31-25)14-11-22(34)32(17-18(3)8-5-2)23(24(35)28-16-21(26)27)20-12-15-33(29-20)19-9-7-10-19/h1,12,15,18-19,21,23H,5-11,13-14,16-17H2,2-3H3,(H,28,35). The van der Waals surface area contributed by atoms with Gasteiger partial charge in [0.2, 0.25) is 11.8 Å². The summed E-state index contributed by atoms with van der Waals surface area (Å²) < 4.78 is 27.6. The van der Waals surface area contributed by atoms with Crippen molar-refractivity contribution in [2.75, 3.05) is 13.1 Å². The molecule has 0 radical (unpaired) electrons. The number of rotatable bonds is 15. The molecule has 2 amide bonds. The van der Waals surface area contributed by atoms with Gasteiger partial charge in [0.05, 0.1) is 18.3 Å². The van der Waals surface area contributed by atoms with Gasteiger partial charge in [-0.15, -0.1) is 12.3 Å². The van der Waals surface area contributed by atoms with Crippen molar-refractivity contribution in [3.8, 4) is 12.3 Å². The van der Waals surface area contributed by atoms with Gasteiger partial charge in [0.15, 0.2) is 11.7 Å². The Bertz CT molecular complexity index is 931. The van der Waals surface area contributed by atoms with Crippen molar-refractivity contribution < 1.29 is 18.4 Å². The maximum absolute atomic E-state index is 13.5. The molecule has 192 valence electrons. The van der Waals surface area contributed by atoms with Crippen LogP contribution in [0.1, 0.15) is 89.4 Å². The number of amides is 2. The van der Waals surface area contributed by atoms with Gasteiger partial charge < -0.3 is 10.2 Å². The third-order valence-corrected chi connectivity index (χ3v) is 6.75. The van der Waals surface area contributed by atoms with Gasteiger partial charge in [-0.25, -0.2) is 8.78 Å². The molecule has 1 aliphatic heterocycles. The first-order valence-electron chi connectivity index (χ1n) is 12.6. The number of hydrogen-bond acceptors (Lipinski definition) is 5.